The van der Waals surface area contributed by atoms with E-state index in [4.69, 9.17) is 0 Å². The second-order valence-corrected chi connectivity index (χ2v) is 2.68. The zero-order chi connectivity index (χ0) is 8.81. The molecule has 0 atom stereocenters. The Morgan fingerprint density at radius 2 is 1.25 bits per heavy atom. The highest BCUT2D eigenvalue weighted by Crippen LogP contribution is 1.89. The van der Waals surface area contributed by atoms with Crippen LogP contribution in [0.4, 0.5) is 0 Å². The van der Waals surface area contributed by atoms with E-state index in [1.807, 2.05) is 26.0 Å². The Morgan fingerprint density at radius 3 is 1.67 bits per heavy atom. The highest BCUT2D eigenvalue weighted by Gasteiger charge is 1.75. The quantitative estimate of drug-likeness (QED) is 0.581. The minimum absolute atomic E-state index is 1.09. The summed E-state index contributed by atoms with van der Waals surface area (Å²) < 4.78 is 0. The molecule has 1 rings (SSSR count). The Labute approximate surface area is 72.6 Å². The van der Waals surface area contributed by atoms with E-state index in [9.17, 15) is 0 Å². The van der Waals surface area contributed by atoms with Crippen LogP contribution < -0.4 is 0 Å². The summed E-state index contributed by atoms with van der Waals surface area (Å²) in [4.78, 5) is 8.18. The van der Waals surface area contributed by atoms with E-state index in [0.717, 1.165) is 11.1 Å². The van der Waals surface area contributed by atoms with Crippen molar-refractivity contribution < 1.29 is 0 Å². The summed E-state index contributed by atoms with van der Waals surface area (Å²) in [6.45, 7) is 3.98. The number of hydrogen-bond acceptors (Lipinski definition) is 2. The summed E-state index contributed by atoms with van der Waals surface area (Å²) in [7, 11) is 0. The molecule has 0 amide bonds. The summed E-state index contributed by atoms with van der Waals surface area (Å²) in [5, 5.41) is 0. The second-order valence-electron chi connectivity index (χ2n) is 2.68. The first-order valence-corrected chi connectivity index (χ1v) is 3.85. The molecule has 0 aliphatic heterocycles. The fourth-order valence-electron chi connectivity index (χ4n) is 0.728. The maximum Gasteiger partial charge on any atom is 0.0297 e. The molecular formula is C10H12N2. The summed E-state index contributed by atoms with van der Waals surface area (Å²) in [5.41, 5.74) is 2.19. The van der Waals surface area contributed by atoms with Gasteiger partial charge < -0.3 is 0 Å². The third-order valence-corrected chi connectivity index (χ3v) is 1.40. The molecule has 2 nitrogen and oxygen atoms in total. The van der Waals surface area contributed by atoms with E-state index >= 15 is 0 Å². The first-order valence-electron chi connectivity index (χ1n) is 3.85. The van der Waals surface area contributed by atoms with Crippen LogP contribution in [0.3, 0.4) is 0 Å². The van der Waals surface area contributed by atoms with Crippen molar-refractivity contribution in [3.8, 4) is 0 Å². The summed E-state index contributed by atoms with van der Waals surface area (Å²) in [5.74, 6) is 0. The number of hydrogen-bond donors (Lipinski definition) is 0. The third kappa shape index (κ3) is 3.10. The molecule has 0 radical (unpaired) electrons. The molecule has 0 spiro atoms. The molecule has 0 saturated heterocycles. The predicted molar refractivity (Wildman–Crippen MR) is 49.1 cm³/mol. The van der Waals surface area contributed by atoms with Gasteiger partial charge in [-0.2, -0.15) is 0 Å². The lowest BCUT2D eigenvalue weighted by atomic mass is 10.3. The van der Waals surface area contributed by atoms with Gasteiger partial charge in [-0.05, 0) is 37.1 Å². The first-order chi connectivity index (χ1) is 5.79. The highest BCUT2D eigenvalue weighted by atomic mass is 14.6. The van der Waals surface area contributed by atoms with E-state index in [2.05, 4.69) is 9.97 Å². The number of aryl methyl sites for hydroxylation is 2. The van der Waals surface area contributed by atoms with Crippen molar-refractivity contribution in [3.05, 3.63) is 48.0 Å². The topological polar surface area (TPSA) is 25.8 Å². The molecule has 0 saturated carbocycles. The zero-order valence-electron chi connectivity index (χ0n) is 7.36. The molecule has 12 heavy (non-hydrogen) atoms. The van der Waals surface area contributed by atoms with Gasteiger partial charge in [-0.15, -0.1) is 0 Å². The second kappa shape index (κ2) is 4.44. The van der Waals surface area contributed by atoms with Crippen molar-refractivity contribution >= 4 is 0 Å². The van der Waals surface area contributed by atoms with E-state index in [0.29, 0.717) is 0 Å². The van der Waals surface area contributed by atoms with Gasteiger partial charge in [-0.1, -0.05) is 0 Å². The molecule has 2 heteroatoms. The Hall–Kier alpha value is -1.44. The molecule has 0 aliphatic carbocycles. The average Bonchev–Trinajstić information content (AvgIpc) is 2.06. The van der Waals surface area contributed by atoms with Crippen LogP contribution in [0.1, 0.15) is 11.1 Å². The predicted octanol–water partition coefficient (Wildman–Crippen LogP) is 2.22. The number of rotatable bonds is 0. The Balaban J connectivity index is 3.18. The first kappa shape index (κ1) is 8.65. The molecule has 1 heterocycles. The van der Waals surface area contributed by atoms with Crippen LogP contribution in [0, 0.1) is 13.8 Å². The van der Waals surface area contributed by atoms with Gasteiger partial charge >= 0.3 is 0 Å². The standard InChI is InChI=1S/C10H12N2/c1-9-3-5-12-8-10(2)4-6-11-7-9/h3-8H,1-2H3. The van der Waals surface area contributed by atoms with Gasteiger partial charge in [-0.3, -0.25) is 9.97 Å². The van der Waals surface area contributed by atoms with Gasteiger partial charge in [0.2, 0.25) is 0 Å². The van der Waals surface area contributed by atoms with E-state index in [-0.39, 0.29) is 0 Å². The average molecular weight is 160 g/mol. The van der Waals surface area contributed by atoms with Crippen molar-refractivity contribution in [2.24, 2.45) is 0 Å². The summed E-state index contributed by atoms with van der Waals surface area (Å²) in [6.07, 6.45) is 7.15. The number of nitrogens with zero attached hydrogens (tertiary/aromatic N) is 2. The van der Waals surface area contributed by atoms with E-state index < -0.39 is 0 Å². The summed E-state index contributed by atoms with van der Waals surface area (Å²) in [6, 6.07) is 3.85. The van der Waals surface area contributed by atoms with Gasteiger partial charge in [0.05, 0.1) is 0 Å². The molecular weight excluding hydrogens is 148 g/mol. The number of aromatic nitrogens is 2. The normalized spacial score (nSPS) is 8.83. The van der Waals surface area contributed by atoms with Gasteiger partial charge in [0.1, 0.15) is 0 Å². The Morgan fingerprint density at radius 1 is 0.833 bits per heavy atom. The monoisotopic (exact) mass is 160 g/mol. The molecule has 0 bridgehead atoms. The van der Waals surface area contributed by atoms with Gasteiger partial charge in [0.25, 0.3) is 0 Å². The highest BCUT2D eigenvalue weighted by molar-refractivity contribution is 5.04. The lowest BCUT2D eigenvalue weighted by Gasteiger charge is -1.83. The molecule has 0 N–H and O–H groups in total. The van der Waals surface area contributed by atoms with Crippen molar-refractivity contribution in [2.45, 2.75) is 13.8 Å². The molecule has 1 aromatic rings. The van der Waals surface area contributed by atoms with Crippen molar-refractivity contribution in [2.75, 3.05) is 0 Å². The fraction of sp³-hybridized carbons (Fsp3) is 0.200. The SMILES string of the molecule is Cc1ccncc(C)ccnc1. The van der Waals surface area contributed by atoms with Crippen molar-refractivity contribution in [1.29, 1.82) is 0 Å². The van der Waals surface area contributed by atoms with Crippen LogP contribution in [-0.4, -0.2) is 9.97 Å². The van der Waals surface area contributed by atoms with Crippen LogP contribution >= 0.6 is 0 Å². The van der Waals surface area contributed by atoms with Crippen LogP contribution in [0.25, 0.3) is 0 Å². The van der Waals surface area contributed by atoms with Crippen LogP contribution in [0.2, 0.25) is 0 Å². The fourth-order valence-corrected chi connectivity index (χ4v) is 0.728. The van der Waals surface area contributed by atoms with Crippen molar-refractivity contribution in [3.63, 3.8) is 0 Å². The van der Waals surface area contributed by atoms with Gasteiger partial charge in [-0.25, -0.2) is 0 Å². The van der Waals surface area contributed by atoms with Crippen LogP contribution in [0.15, 0.2) is 36.9 Å². The maximum atomic E-state index is 4.09. The Bertz CT molecular complexity index is 247. The van der Waals surface area contributed by atoms with Crippen LogP contribution in [-0.2, 0) is 0 Å². The Kier molecular flexibility index (Phi) is 3.20. The van der Waals surface area contributed by atoms with Gasteiger partial charge in [0, 0.05) is 24.8 Å². The zero-order valence-corrected chi connectivity index (χ0v) is 7.36. The smallest absolute Gasteiger partial charge is 0.0297 e. The largest absolute Gasteiger partial charge is 0.264 e. The third-order valence-electron chi connectivity index (χ3n) is 1.40. The molecule has 0 unspecified atom stereocenters. The van der Waals surface area contributed by atoms with Crippen LogP contribution in [0.5, 0.6) is 0 Å². The molecule has 1 aromatic heterocycles. The lowest BCUT2D eigenvalue weighted by Crippen LogP contribution is -1.71. The maximum absolute atomic E-state index is 4.09. The van der Waals surface area contributed by atoms with Crippen molar-refractivity contribution in [1.82, 2.24) is 9.97 Å². The van der Waals surface area contributed by atoms with E-state index in [1.165, 1.54) is 0 Å². The molecule has 0 fully saturated rings. The summed E-state index contributed by atoms with van der Waals surface area (Å²) >= 11 is 0. The molecule has 0 aliphatic rings. The lowest BCUT2D eigenvalue weighted by molar-refractivity contribution is 1.24. The molecule has 62 valence electrons. The van der Waals surface area contributed by atoms with Gasteiger partial charge in [0.15, 0.2) is 0 Å². The molecule has 0 aromatic carbocycles. The van der Waals surface area contributed by atoms with E-state index in [1.54, 1.807) is 24.8 Å². The minimum Gasteiger partial charge on any atom is -0.264 e. The minimum atomic E-state index is 1.09.